The molecule has 0 radical (unpaired) electrons. The van der Waals surface area contributed by atoms with Crippen LogP contribution in [0.15, 0.2) is 10.6 Å². The molecule has 0 aliphatic heterocycles. The van der Waals surface area contributed by atoms with Gasteiger partial charge < -0.3 is 9.84 Å². The molecule has 0 aromatic carbocycles. The number of hydrogen-bond donors (Lipinski definition) is 1. The summed E-state index contributed by atoms with van der Waals surface area (Å²) in [6, 6.07) is 1.75. The second-order valence-electron chi connectivity index (χ2n) is 3.83. The summed E-state index contributed by atoms with van der Waals surface area (Å²) in [5.74, 6) is 0.455. The van der Waals surface area contributed by atoms with E-state index in [1.807, 2.05) is 13.8 Å². The van der Waals surface area contributed by atoms with Gasteiger partial charge in [-0.3, -0.25) is 4.79 Å². The van der Waals surface area contributed by atoms with Gasteiger partial charge in [-0.25, -0.2) is 0 Å². The molecule has 2 heterocycles. The lowest BCUT2D eigenvalue weighted by Crippen LogP contribution is -2.24. The quantitative estimate of drug-likeness (QED) is 0.881. The Labute approximate surface area is 108 Å². The van der Waals surface area contributed by atoms with E-state index in [0.717, 1.165) is 22.1 Å². The van der Waals surface area contributed by atoms with Crippen LogP contribution in [-0.2, 0) is 24.2 Å². The summed E-state index contributed by atoms with van der Waals surface area (Å²) >= 11 is 1.51. The predicted molar refractivity (Wildman–Crippen MR) is 66.1 cm³/mol. The van der Waals surface area contributed by atoms with Gasteiger partial charge in [-0.15, -0.1) is 10.2 Å². The van der Waals surface area contributed by atoms with Crippen LogP contribution in [0.5, 0.6) is 0 Å². The molecule has 2 rings (SSSR count). The average Bonchev–Trinajstić information content (AvgIpc) is 2.95. The second kappa shape index (κ2) is 5.72. The number of amides is 1. The zero-order chi connectivity index (χ0) is 13.0. The van der Waals surface area contributed by atoms with Crippen molar-refractivity contribution >= 4 is 17.2 Å². The summed E-state index contributed by atoms with van der Waals surface area (Å²) in [6.45, 7) is 4.25. The van der Waals surface area contributed by atoms with E-state index >= 15 is 0 Å². The Morgan fingerprint density at radius 1 is 1.44 bits per heavy atom. The number of aromatic nitrogens is 3. The number of carbonyl (C=O) groups is 1. The van der Waals surface area contributed by atoms with Crippen molar-refractivity contribution in [1.29, 1.82) is 0 Å². The fourth-order valence-corrected chi connectivity index (χ4v) is 2.12. The molecule has 0 aliphatic carbocycles. The van der Waals surface area contributed by atoms with Gasteiger partial charge in [0, 0.05) is 6.07 Å². The Bertz CT molecular complexity index is 535. The smallest absolute Gasteiger partial charge is 0.228 e. The minimum absolute atomic E-state index is 0.112. The number of nitrogens with one attached hydrogen (secondary N) is 1. The summed E-state index contributed by atoms with van der Waals surface area (Å²) in [4.78, 5) is 11.6. The van der Waals surface area contributed by atoms with E-state index in [4.69, 9.17) is 4.52 Å². The van der Waals surface area contributed by atoms with Crippen LogP contribution < -0.4 is 5.32 Å². The van der Waals surface area contributed by atoms with Crippen LogP contribution in [-0.4, -0.2) is 21.3 Å². The zero-order valence-corrected chi connectivity index (χ0v) is 11.1. The Hall–Kier alpha value is -1.76. The van der Waals surface area contributed by atoms with Crippen molar-refractivity contribution < 1.29 is 9.32 Å². The van der Waals surface area contributed by atoms with Gasteiger partial charge in [-0.05, 0) is 13.3 Å². The SMILES string of the molecule is CCc1nnc(CNC(=O)Cc2cc(C)no2)s1. The molecule has 18 heavy (non-hydrogen) atoms. The van der Waals surface area contributed by atoms with E-state index in [9.17, 15) is 4.79 Å². The van der Waals surface area contributed by atoms with Crippen LogP contribution >= 0.6 is 11.3 Å². The summed E-state index contributed by atoms with van der Waals surface area (Å²) in [5.41, 5.74) is 0.773. The van der Waals surface area contributed by atoms with Crippen molar-refractivity contribution in [3.63, 3.8) is 0 Å². The van der Waals surface area contributed by atoms with E-state index in [1.54, 1.807) is 6.07 Å². The van der Waals surface area contributed by atoms with E-state index in [1.165, 1.54) is 11.3 Å². The molecule has 0 saturated carbocycles. The van der Waals surface area contributed by atoms with Crippen molar-refractivity contribution in [2.24, 2.45) is 0 Å². The lowest BCUT2D eigenvalue weighted by molar-refractivity contribution is -0.120. The minimum Gasteiger partial charge on any atom is -0.361 e. The summed E-state index contributed by atoms with van der Waals surface area (Å²) in [7, 11) is 0. The minimum atomic E-state index is -0.112. The highest BCUT2D eigenvalue weighted by atomic mass is 32.1. The van der Waals surface area contributed by atoms with Gasteiger partial charge in [0.15, 0.2) is 0 Å². The van der Waals surface area contributed by atoms with E-state index in [2.05, 4.69) is 20.7 Å². The average molecular weight is 266 g/mol. The highest BCUT2D eigenvalue weighted by Crippen LogP contribution is 2.09. The van der Waals surface area contributed by atoms with Crippen LogP contribution in [0.2, 0.25) is 0 Å². The van der Waals surface area contributed by atoms with Gasteiger partial charge in [0.2, 0.25) is 5.91 Å². The molecule has 2 aromatic heterocycles. The molecule has 0 unspecified atom stereocenters. The molecule has 96 valence electrons. The predicted octanol–water partition coefficient (Wildman–Crippen LogP) is 1.26. The number of aryl methyl sites for hydroxylation is 2. The summed E-state index contributed by atoms with van der Waals surface area (Å²) < 4.78 is 4.97. The maximum Gasteiger partial charge on any atom is 0.228 e. The monoisotopic (exact) mass is 266 g/mol. The lowest BCUT2D eigenvalue weighted by atomic mass is 10.3. The lowest BCUT2D eigenvalue weighted by Gasteiger charge is -1.99. The van der Waals surface area contributed by atoms with Crippen LogP contribution in [0.3, 0.4) is 0 Å². The molecule has 2 aromatic rings. The molecular weight excluding hydrogens is 252 g/mol. The molecule has 0 aliphatic rings. The highest BCUT2D eigenvalue weighted by molar-refractivity contribution is 7.11. The molecule has 0 spiro atoms. The van der Waals surface area contributed by atoms with Crippen LogP contribution in [0.4, 0.5) is 0 Å². The third-order valence-electron chi connectivity index (χ3n) is 2.26. The van der Waals surface area contributed by atoms with Crippen LogP contribution in [0, 0.1) is 6.92 Å². The third-order valence-corrected chi connectivity index (χ3v) is 3.33. The number of nitrogens with zero attached hydrogens (tertiary/aromatic N) is 3. The van der Waals surface area contributed by atoms with Crippen molar-refractivity contribution in [2.75, 3.05) is 0 Å². The van der Waals surface area contributed by atoms with Gasteiger partial charge in [-0.2, -0.15) is 0 Å². The van der Waals surface area contributed by atoms with Crippen molar-refractivity contribution in [3.8, 4) is 0 Å². The first kappa shape index (κ1) is 12.7. The molecular formula is C11H14N4O2S. The van der Waals surface area contributed by atoms with Crippen LogP contribution in [0.25, 0.3) is 0 Å². The first-order chi connectivity index (χ1) is 8.67. The summed E-state index contributed by atoms with van der Waals surface area (Å²) in [6.07, 6.45) is 1.06. The first-order valence-corrected chi connectivity index (χ1v) is 6.49. The normalized spacial score (nSPS) is 10.6. The van der Waals surface area contributed by atoms with Gasteiger partial charge in [-0.1, -0.05) is 23.4 Å². The molecule has 0 atom stereocenters. The first-order valence-electron chi connectivity index (χ1n) is 5.67. The van der Waals surface area contributed by atoms with E-state index in [0.29, 0.717) is 12.3 Å². The van der Waals surface area contributed by atoms with Crippen molar-refractivity contribution in [2.45, 2.75) is 33.2 Å². The van der Waals surface area contributed by atoms with Gasteiger partial charge in [0.1, 0.15) is 15.8 Å². The molecule has 0 saturated heterocycles. The number of carbonyl (C=O) groups excluding carboxylic acids is 1. The van der Waals surface area contributed by atoms with E-state index < -0.39 is 0 Å². The van der Waals surface area contributed by atoms with Gasteiger partial charge in [0.05, 0.1) is 18.7 Å². The molecule has 7 heteroatoms. The van der Waals surface area contributed by atoms with Gasteiger partial charge >= 0.3 is 0 Å². The topological polar surface area (TPSA) is 80.9 Å². The zero-order valence-electron chi connectivity index (χ0n) is 10.3. The maximum atomic E-state index is 11.6. The fourth-order valence-electron chi connectivity index (χ4n) is 1.40. The van der Waals surface area contributed by atoms with Crippen molar-refractivity contribution in [3.05, 3.63) is 27.5 Å². The Kier molecular flexibility index (Phi) is 4.03. The summed E-state index contributed by atoms with van der Waals surface area (Å²) in [5, 5.41) is 16.3. The third kappa shape index (κ3) is 3.36. The standard InChI is InChI=1S/C11H14N4O2S/c1-3-10-13-14-11(18-10)6-12-9(16)5-8-4-7(2)15-17-8/h4H,3,5-6H2,1-2H3,(H,12,16). The maximum absolute atomic E-state index is 11.6. The molecule has 0 bridgehead atoms. The Balaban J connectivity index is 1.81. The number of hydrogen-bond acceptors (Lipinski definition) is 6. The largest absolute Gasteiger partial charge is 0.361 e. The highest BCUT2D eigenvalue weighted by Gasteiger charge is 2.09. The molecule has 0 fully saturated rings. The molecule has 1 N–H and O–H groups in total. The van der Waals surface area contributed by atoms with E-state index in [-0.39, 0.29) is 12.3 Å². The Morgan fingerprint density at radius 2 is 2.22 bits per heavy atom. The second-order valence-corrected chi connectivity index (χ2v) is 4.98. The van der Waals surface area contributed by atoms with Crippen LogP contribution in [0.1, 0.15) is 28.4 Å². The molecule has 6 nitrogen and oxygen atoms in total. The number of rotatable bonds is 5. The van der Waals surface area contributed by atoms with Crippen molar-refractivity contribution in [1.82, 2.24) is 20.7 Å². The van der Waals surface area contributed by atoms with Gasteiger partial charge in [0.25, 0.3) is 0 Å². The fraction of sp³-hybridized carbons (Fsp3) is 0.455. The Morgan fingerprint density at radius 3 is 2.83 bits per heavy atom. The molecule has 1 amide bonds.